The molecule has 0 aliphatic heterocycles. The molecule has 0 saturated carbocycles. The van der Waals surface area contributed by atoms with Crippen LogP contribution in [0.5, 0.6) is 0 Å². The molecular weight excluding hydrogens is 254 g/mol. The van der Waals surface area contributed by atoms with E-state index in [1.54, 1.807) is 27.7 Å². The second-order valence-electron chi connectivity index (χ2n) is 5.20. The molecule has 0 fully saturated rings. The highest BCUT2D eigenvalue weighted by atomic mass is 16.6. The summed E-state index contributed by atoms with van der Waals surface area (Å²) < 4.78 is 4.99. The summed E-state index contributed by atoms with van der Waals surface area (Å²) in [7, 11) is 0. The van der Waals surface area contributed by atoms with Crippen molar-refractivity contribution in [3.63, 3.8) is 0 Å². The number of amides is 1. The number of rotatable bonds is 6. The number of hydrogen-bond acceptors (Lipinski definition) is 4. The van der Waals surface area contributed by atoms with Gasteiger partial charge in [0.2, 0.25) is 0 Å². The lowest BCUT2D eigenvalue weighted by Crippen LogP contribution is -2.48. The minimum absolute atomic E-state index is 0.239. The zero-order valence-corrected chi connectivity index (χ0v) is 11.6. The highest BCUT2D eigenvalue weighted by molar-refractivity contribution is 5.94. The van der Waals surface area contributed by atoms with Crippen molar-refractivity contribution in [1.29, 1.82) is 0 Å². The lowest BCUT2D eigenvalue weighted by Gasteiger charge is -2.25. The van der Waals surface area contributed by atoms with Crippen LogP contribution in [-0.4, -0.2) is 39.9 Å². The molecule has 0 radical (unpaired) electrons. The summed E-state index contributed by atoms with van der Waals surface area (Å²) in [6.45, 7) is 6.75. The van der Waals surface area contributed by atoms with E-state index >= 15 is 0 Å². The van der Waals surface area contributed by atoms with Crippen molar-refractivity contribution in [2.75, 3.05) is 0 Å². The first kappa shape index (κ1) is 17.2. The van der Waals surface area contributed by atoms with Gasteiger partial charge in [0.25, 0.3) is 0 Å². The van der Waals surface area contributed by atoms with Crippen LogP contribution in [0.15, 0.2) is 0 Å². The number of nitrogens with one attached hydrogen (secondary N) is 1. The second kappa shape index (κ2) is 6.96. The molecule has 1 unspecified atom stereocenters. The van der Waals surface area contributed by atoms with Gasteiger partial charge in [0, 0.05) is 0 Å². The molecule has 1 atom stereocenters. The zero-order valence-electron chi connectivity index (χ0n) is 11.6. The van der Waals surface area contributed by atoms with Crippen LogP contribution in [0.2, 0.25) is 0 Å². The van der Waals surface area contributed by atoms with E-state index in [1.165, 1.54) is 0 Å². The first-order valence-electron chi connectivity index (χ1n) is 6.03. The van der Waals surface area contributed by atoms with Crippen LogP contribution in [0.4, 0.5) is 4.79 Å². The molecule has 19 heavy (non-hydrogen) atoms. The third kappa shape index (κ3) is 6.64. The van der Waals surface area contributed by atoms with E-state index in [0.29, 0.717) is 6.42 Å². The van der Waals surface area contributed by atoms with Gasteiger partial charge in [0.05, 0.1) is 6.04 Å². The van der Waals surface area contributed by atoms with Crippen LogP contribution in [0.3, 0.4) is 0 Å². The number of alkyl carbamates (subject to hydrolysis) is 1. The largest absolute Gasteiger partial charge is 0.481 e. The molecule has 110 valence electrons. The molecule has 1 amide bonds. The van der Waals surface area contributed by atoms with E-state index in [1.807, 2.05) is 0 Å². The quantitative estimate of drug-likeness (QED) is 0.632. The number of carbonyl (C=O) groups excluding carboxylic acids is 1. The van der Waals surface area contributed by atoms with Crippen molar-refractivity contribution in [2.24, 2.45) is 5.92 Å². The molecular formula is C12H21NO6. The van der Waals surface area contributed by atoms with E-state index in [4.69, 9.17) is 14.9 Å². The summed E-state index contributed by atoms with van der Waals surface area (Å²) >= 11 is 0. The highest BCUT2D eigenvalue weighted by Gasteiger charge is 2.36. The Bertz CT molecular complexity index is 333. The van der Waals surface area contributed by atoms with Gasteiger partial charge >= 0.3 is 18.0 Å². The molecule has 3 N–H and O–H groups in total. The fourth-order valence-electron chi connectivity index (χ4n) is 1.54. The Morgan fingerprint density at radius 3 is 1.95 bits per heavy atom. The summed E-state index contributed by atoms with van der Waals surface area (Å²) in [5.41, 5.74) is -0.733. The van der Waals surface area contributed by atoms with Crippen LogP contribution in [0.25, 0.3) is 0 Å². The van der Waals surface area contributed by atoms with Crippen LogP contribution in [-0.2, 0) is 14.3 Å². The SMILES string of the molecule is CCCC(NC(=O)OC(C)(C)C)C(C(=O)O)C(=O)O. The first-order valence-corrected chi connectivity index (χ1v) is 6.03. The fourth-order valence-corrected chi connectivity index (χ4v) is 1.54. The molecule has 0 aliphatic carbocycles. The van der Waals surface area contributed by atoms with Gasteiger partial charge in [0.1, 0.15) is 5.60 Å². The maximum atomic E-state index is 11.6. The lowest BCUT2D eigenvalue weighted by atomic mass is 9.96. The van der Waals surface area contributed by atoms with Gasteiger partial charge in [-0.15, -0.1) is 0 Å². The molecule has 0 saturated heterocycles. The van der Waals surface area contributed by atoms with Gasteiger partial charge in [-0.25, -0.2) is 4.79 Å². The molecule has 0 spiro atoms. The number of hydrogen-bond donors (Lipinski definition) is 3. The topological polar surface area (TPSA) is 113 Å². The first-order chi connectivity index (χ1) is 8.58. The average Bonchev–Trinajstić information content (AvgIpc) is 2.12. The summed E-state index contributed by atoms with van der Waals surface area (Å²) in [5, 5.41) is 20.1. The van der Waals surface area contributed by atoms with Crippen molar-refractivity contribution in [3.8, 4) is 0 Å². The predicted molar refractivity (Wildman–Crippen MR) is 66.8 cm³/mol. The van der Waals surface area contributed by atoms with Gasteiger partial charge in [-0.3, -0.25) is 9.59 Å². The molecule has 7 heteroatoms. The van der Waals surface area contributed by atoms with Crippen LogP contribution < -0.4 is 5.32 Å². The van der Waals surface area contributed by atoms with Crippen molar-refractivity contribution in [3.05, 3.63) is 0 Å². The fraction of sp³-hybridized carbons (Fsp3) is 0.750. The Balaban J connectivity index is 4.86. The van der Waals surface area contributed by atoms with Gasteiger partial charge in [-0.2, -0.15) is 0 Å². The Hall–Kier alpha value is -1.79. The van der Waals surface area contributed by atoms with E-state index < -0.39 is 35.6 Å². The molecule has 0 aliphatic rings. The van der Waals surface area contributed by atoms with E-state index in [9.17, 15) is 14.4 Å². The zero-order chi connectivity index (χ0) is 15.2. The minimum Gasteiger partial charge on any atom is -0.481 e. The normalized spacial score (nSPS) is 12.9. The number of carbonyl (C=O) groups is 3. The number of carboxylic acid groups (broad SMARTS) is 2. The Kier molecular flexibility index (Phi) is 6.31. The molecule has 7 nitrogen and oxygen atoms in total. The molecule has 0 heterocycles. The minimum atomic E-state index is -1.69. The summed E-state index contributed by atoms with van der Waals surface area (Å²) in [6, 6.07) is -1.00. The van der Waals surface area contributed by atoms with E-state index in [2.05, 4.69) is 5.32 Å². The number of aliphatic carboxylic acids is 2. The van der Waals surface area contributed by atoms with Gasteiger partial charge in [-0.1, -0.05) is 13.3 Å². The smallest absolute Gasteiger partial charge is 0.407 e. The van der Waals surface area contributed by atoms with Crippen molar-refractivity contribution >= 4 is 18.0 Å². The Morgan fingerprint density at radius 2 is 1.63 bits per heavy atom. The second-order valence-corrected chi connectivity index (χ2v) is 5.20. The van der Waals surface area contributed by atoms with Crippen LogP contribution in [0.1, 0.15) is 40.5 Å². The molecule has 0 aromatic carbocycles. The monoisotopic (exact) mass is 275 g/mol. The third-order valence-electron chi connectivity index (χ3n) is 2.24. The standard InChI is InChI=1S/C12H21NO6/c1-5-6-7(8(9(14)15)10(16)17)13-11(18)19-12(2,3)4/h7-8H,5-6H2,1-4H3,(H,13,18)(H,14,15)(H,16,17). The summed E-state index contributed by atoms with van der Waals surface area (Å²) in [5.74, 6) is -4.66. The van der Waals surface area contributed by atoms with Gasteiger partial charge < -0.3 is 20.3 Å². The highest BCUT2D eigenvalue weighted by Crippen LogP contribution is 2.13. The summed E-state index contributed by atoms with van der Waals surface area (Å²) in [4.78, 5) is 33.5. The molecule has 0 bridgehead atoms. The summed E-state index contributed by atoms with van der Waals surface area (Å²) in [6.07, 6.45) is -0.0431. The number of ether oxygens (including phenoxy) is 1. The van der Waals surface area contributed by atoms with Gasteiger partial charge in [-0.05, 0) is 27.2 Å². The Morgan fingerprint density at radius 1 is 1.16 bits per heavy atom. The van der Waals surface area contributed by atoms with E-state index in [0.717, 1.165) is 0 Å². The van der Waals surface area contributed by atoms with Crippen LogP contribution >= 0.6 is 0 Å². The van der Waals surface area contributed by atoms with Gasteiger partial charge in [0.15, 0.2) is 5.92 Å². The average molecular weight is 275 g/mol. The van der Waals surface area contributed by atoms with Crippen LogP contribution in [0, 0.1) is 5.92 Å². The number of carboxylic acids is 2. The predicted octanol–water partition coefficient (Wildman–Crippen LogP) is 1.47. The van der Waals surface area contributed by atoms with Crippen molar-refractivity contribution in [1.82, 2.24) is 5.32 Å². The third-order valence-corrected chi connectivity index (χ3v) is 2.24. The Labute approximate surface area is 111 Å². The molecule has 0 rings (SSSR count). The van der Waals surface area contributed by atoms with Crippen molar-refractivity contribution in [2.45, 2.75) is 52.2 Å². The molecule has 0 aromatic rings. The van der Waals surface area contributed by atoms with Crippen molar-refractivity contribution < 1.29 is 29.3 Å². The maximum Gasteiger partial charge on any atom is 0.407 e. The lowest BCUT2D eigenvalue weighted by molar-refractivity contribution is -0.155. The maximum absolute atomic E-state index is 11.6. The molecule has 0 aromatic heterocycles. The van der Waals surface area contributed by atoms with E-state index in [-0.39, 0.29) is 6.42 Å².